The van der Waals surface area contributed by atoms with Crippen molar-refractivity contribution >= 4 is 0 Å². The second-order valence-electron chi connectivity index (χ2n) is 5.10. The molecule has 0 aromatic heterocycles. The fourth-order valence-electron chi connectivity index (χ4n) is 2.30. The number of aliphatic hydroxyl groups excluding tert-OH is 1. The minimum atomic E-state index is -4.39. The third-order valence-corrected chi connectivity index (χ3v) is 3.46. The molecule has 0 aliphatic carbocycles. The van der Waals surface area contributed by atoms with Crippen molar-refractivity contribution in [3.63, 3.8) is 0 Å². The Hall–Kier alpha value is -1.85. The number of hydrogen-bond acceptors (Lipinski definition) is 2. The smallest absolute Gasteiger partial charge is 0.394 e. The number of halogens is 3. The lowest BCUT2D eigenvalue weighted by Crippen LogP contribution is -2.46. The number of nitrogens with one attached hydrogen (secondary N) is 1. The van der Waals surface area contributed by atoms with Crippen LogP contribution in [0, 0.1) is 0 Å². The molecule has 0 unspecified atom stereocenters. The summed E-state index contributed by atoms with van der Waals surface area (Å²) >= 11 is 0. The summed E-state index contributed by atoms with van der Waals surface area (Å²) < 4.78 is 39.8. The largest absolute Gasteiger partial charge is 0.404 e. The molecule has 2 rings (SSSR count). The summed E-state index contributed by atoms with van der Waals surface area (Å²) in [6.45, 7) is -0.397. The van der Waals surface area contributed by atoms with Gasteiger partial charge in [0.25, 0.3) is 0 Å². The summed E-state index contributed by atoms with van der Waals surface area (Å²) in [5.74, 6) is 0. The highest BCUT2D eigenvalue weighted by Crippen LogP contribution is 2.26. The normalized spacial score (nSPS) is 14.5. The molecule has 0 aliphatic rings. The van der Waals surface area contributed by atoms with Gasteiger partial charge in [-0.25, -0.2) is 0 Å². The van der Waals surface area contributed by atoms with Gasteiger partial charge in [0.2, 0.25) is 0 Å². The van der Waals surface area contributed by atoms with Gasteiger partial charge in [-0.15, -0.1) is 0 Å². The van der Waals surface area contributed by atoms with Crippen LogP contribution >= 0.6 is 0 Å². The SMILES string of the molecule is OC[C@H](N[C@H](Cc1ccccc1)C(F)(F)F)c1ccccc1. The first-order valence-electron chi connectivity index (χ1n) is 7.03. The van der Waals surface area contributed by atoms with Crippen LogP contribution in [0.2, 0.25) is 0 Å². The fraction of sp³-hybridized carbons (Fsp3) is 0.294. The quantitative estimate of drug-likeness (QED) is 0.856. The van der Waals surface area contributed by atoms with Gasteiger partial charge in [0.05, 0.1) is 12.6 Å². The van der Waals surface area contributed by atoms with E-state index >= 15 is 0 Å². The Morgan fingerprint density at radius 3 is 1.95 bits per heavy atom. The summed E-state index contributed by atoms with van der Waals surface area (Å²) in [7, 11) is 0. The maximum absolute atomic E-state index is 13.3. The van der Waals surface area contributed by atoms with Gasteiger partial charge < -0.3 is 5.11 Å². The Labute approximate surface area is 127 Å². The van der Waals surface area contributed by atoms with Crippen molar-refractivity contribution in [2.75, 3.05) is 6.61 Å². The topological polar surface area (TPSA) is 32.3 Å². The van der Waals surface area contributed by atoms with E-state index in [1.54, 1.807) is 60.7 Å². The number of aliphatic hydroxyl groups is 1. The number of alkyl halides is 3. The van der Waals surface area contributed by atoms with E-state index in [0.717, 1.165) is 0 Å². The highest BCUT2D eigenvalue weighted by atomic mass is 19.4. The molecule has 0 radical (unpaired) electrons. The van der Waals surface area contributed by atoms with Crippen LogP contribution in [-0.2, 0) is 6.42 Å². The maximum atomic E-state index is 13.3. The van der Waals surface area contributed by atoms with E-state index in [0.29, 0.717) is 11.1 Å². The molecule has 0 spiro atoms. The van der Waals surface area contributed by atoms with Crippen molar-refractivity contribution in [1.82, 2.24) is 5.32 Å². The van der Waals surface area contributed by atoms with Crippen molar-refractivity contribution in [1.29, 1.82) is 0 Å². The Balaban J connectivity index is 2.15. The molecular formula is C17H18F3NO. The van der Waals surface area contributed by atoms with Gasteiger partial charge >= 0.3 is 6.18 Å². The van der Waals surface area contributed by atoms with Crippen molar-refractivity contribution in [3.05, 3.63) is 71.8 Å². The van der Waals surface area contributed by atoms with Crippen LogP contribution in [0.15, 0.2) is 60.7 Å². The van der Waals surface area contributed by atoms with Gasteiger partial charge in [-0.05, 0) is 17.5 Å². The van der Waals surface area contributed by atoms with Crippen molar-refractivity contribution < 1.29 is 18.3 Å². The fourth-order valence-corrected chi connectivity index (χ4v) is 2.30. The molecule has 2 N–H and O–H groups in total. The third kappa shape index (κ3) is 4.58. The molecule has 0 bridgehead atoms. The molecule has 2 aromatic carbocycles. The second kappa shape index (κ2) is 7.42. The Kier molecular flexibility index (Phi) is 5.57. The Bertz CT molecular complexity index is 557. The van der Waals surface area contributed by atoms with E-state index in [-0.39, 0.29) is 6.42 Å². The van der Waals surface area contributed by atoms with E-state index in [4.69, 9.17) is 0 Å². The second-order valence-corrected chi connectivity index (χ2v) is 5.10. The average Bonchev–Trinajstić information content (AvgIpc) is 2.52. The van der Waals surface area contributed by atoms with Gasteiger partial charge in [-0.3, -0.25) is 5.32 Å². The molecule has 0 saturated heterocycles. The first kappa shape index (κ1) is 16.5. The zero-order valence-corrected chi connectivity index (χ0v) is 11.9. The molecule has 0 aliphatic heterocycles. The van der Waals surface area contributed by atoms with E-state index in [9.17, 15) is 18.3 Å². The van der Waals surface area contributed by atoms with E-state index in [1.807, 2.05) is 0 Å². The number of hydrogen-bond donors (Lipinski definition) is 2. The standard InChI is InChI=1S/C17H18F3NO/c18-17(19,20)16(11-13-7-3-1-4-8-13)21-15(12-22)14-9-5-2-6-10-14/h1-10,15-16,21-22H,11-12H2/t15-,16+/m0/s1. The lowest BCUT2D eigenvalue weighted by Gasteiger charge is -2.27. The predicted octanol–water partition coefficient (Wildman–Crippen LogP) is 3.48. The van der Waals surface area contributed by atoms with Gasteiger partial charge in [-0.1, -0.05) is 60.7 Å². The summed E-state index contributed by atoms with van der Waals surface area (Å²) in [5, 5.41) is 12.0. The molecule has 2 atom stereocenters. The highest BCUT2D eigenvalue weighted by molar-refractivity contribution is 5.20. The van der Waals surface area contributed by atoms with Crippen molar-refractivity contribution in [2.45, 2.75) is 24.7 Å². The minimum absolute atomic E-state index is 0.173. The summed E-state index contributed by atoms with van der Waals surface area (Å²) in [6.07, 6.45) is -4.56. The van der Waals surface area contributed by atoms with Crippen LogP contribution in [0.3, 0.4) is 0 Å². The van der Waals surface area contributed by atoms with Crippen molar-refractivity contribution in [2.24, 2.45) is 0 Å². The van der Waals surface area contributed by atoms with Gasteiger partial charge in [-0.2, -0.15) is 13.2 Å². The van der Waals surface area contributed by atoms with Crippen LogP contribution in [0.25, 0.3) is 0 Å². The van der Waals surface area contributed by atoms with Gasteiger partial charge in [0, 0.05) is 0 Å². The van der Waals surface area contributed by atoms with Crippen LogP contribution in [0.1, 0.15) is 17.2 Å². The van der Waals surface area contributed by atoms with Crippen LogP contribution in [-0.4, -0.2) is 23.9 Å². The zero-order chi connectivity index (χ0) is 16.0. The monoisotopic (exact) mass is 309 g/mol. The molecule has 2 nitrogen and oxygen atoms in total. The van der Waals surface area contributed by atoms with E-state index in [1.165, 1.54) is 0 Å². The molecule has 5 heteroatoms. The zero-order valence-electron chi connectivity index (χ0n) is 11.9. The number of rotatable bonds is 6. The maximum Gasteiger partial charge on any atom is 0.404 e. The molecular weight excluding hydrogens is 291 g/mol. The third-order valence-electron chi connectivity index (χ3n) is 3.46. The van der Waals surface area contributed by atoms with Crippen molar-refractivity contribution in [3.8, 4) is 0 Å². The average molecular weight is 309 g/mol. The van der Waals surface area contributed by atoms with Crippen LogP contribution in [0.4, 0.5) is 13.2 Å². The Morgan fingerprint density at radius 2 is 1.45 bits per heavy atom. The minimum Gasteiger partial charge on any atom is -0.394 e. The molecule has 22 heavy (non-hydrogen) atoms. The Morgan fingerprint density at radius 1 is 0.909 bits per heavy atom. The van der Waals surface area contributed by atoms with Gasteiger partial charge in [0.15, 0.2) is 0 Å². The summed E-state index contributed by atoms with van der Waals surface area (Å²) in [4.78, 5) is 0. The predicted molar refractivity (Wildman–Crippen MR) is 79.4 cm³/mol. The molecule has 0 amide bonds. The van der Waals surface area contributed by atoms with Crippen LogP contribution in [0.5, 0.6) is 0 Å². The van der Waals surface area contributed by atoms with Crippen LogP contribution < -0.4 is 5.32 Å². The molecule has 0 saturated carbocycles. The first-order valence-corrected chi connectivity index (χ1v) is 7.03. The summed E-state index contributed by atoms with van der Waals surface area (Å²) in [5.41, 5.74) is 1.23. The lowest BCUT2D eigenvalue weighted by molar-refractivity contribution is -0.158. The molecule has 0 fully saturated rings. The van der Waals surface area contributed by atoms with Gasteiger partial charge in [0.1, 0.15) is 6.04 Å². The summed E-state index contributed by atoms with van der Waals surface area (Å²) in [6, 6.07) is 14.7. The lowest BCUT2D eigenvalue weighted by atomic mass is 10.0. The number of benzene rings is 2. The molecule has 0 heterocycles. The van der Waals surface area contributed by atoms with E-state index < -0.39 is 24.9 Å². The molecule has 2 aromatic rings. The molecule has 118 valence electrons. The highest BCUT2D eigenvalue weighted by Gasteiger charge is 2.40. The first-order chi connectivity index (χ1) is 10.5. The van der Waals surface area contributed by atoms with E-state index in [2.05, 4.69) is 5.32 Å².